The zero-order valence-corrected chi connectivity index (χ0v) is 12.5. The van der Waals surface area contributed by atoms with E-state index < -0.39 is 5.97 Å². The van der Waals surface area contributed by atoms with E-state index in [1.54, 1.807) is 0 Å². The summed E-state index contributed by atoms with van der Waals surface area (Å²) >= 11 is 0. The van der Waals surface area contributed by atoms with Crippen LogP contribution in [0.2, 0.25) is 0 Å². The molecule has 5 heteroatoms. The molecule has 1 N–H and O–H groups in total. The van der Waals surface area contributed by atoms with Gasteiger partial charge in [0.05, 0.1) is 0 Å². The summed E-state index contributed by atoms with van der Waals surface area (Å²) in [6, 6.07) is 2.01. The van der Waals surface area contributed by atoms with E-state index in [1.807, 2.05) is 26.8 Å². The van der Waals surface area contributed by atoms with Crippen molar-refractivity contribution in [1.82, 2.24) is 9.97 Å². The minimum absolute atomic E-state index is 0.208. The van der Waals surface area contributed by atoms with Gasteiger partial charge in [-0.2, -0.15) is 0 Å². The van der Waals surface area contributed by atoms with Crippen LogP contribution in [0.4, 0.5) is 5.82 Å². The van der Waals surface area contributed by atoms with Gasteiger partial charge in [-0.3, -0.25) is 4.79 Å². The van der Waals surface area contributed by atoms with Gasteiger partial charge in [0.25, 0.3) is 0 Å². The van der Waals surface area contributed by atoms with Crippen LogP contribution in [0, 0.1) is 25.7 Å². The lowest BCUT2D eigenvalue weighted by molar-refractivity contribution is -0.138. The molecule has 2 atom stereocenters. The molecule has 1 aliphatic rings. The Labute approximate surface area is 120 Å². The second kappa shape index (κ2) is 6.20. The standard InChI is InChI=1S/C15H23N3O2/c1-10(7-15(19)20)13-5-4-6-18(9-13)14-8-11(2)16-12(3)17-14/h8,10,13H,4-7,9H2,1-3H3,(H,19,20). The summed E-state index contributed by atoms with van der Waals surface area (Å²) in [7, 11) is 0. The lowest BCUT2D eigenvalue weighted by Crippen LogP contribution is -2.39. The molecule has 2 rings (SSSR count). The molecule has 0 aromatic carbocycles. The van der Waals surface area contributed by atoms with Crippen LogP contribution < -0.4 is 4.90 Å². The largest absolute Gasteiger partial charge is 0.481 e. The number of rotatable bonds is 4. The van der Waals surface area contributed by atoms with Crippen LogP contribution in [-0.4, -0.2) is 34.1 Å². The second-order valence-electron chi connectivity index (χ2n) is 5.84. The highest BCUT2D eigenvalue weighted by Crippen LogP contribution is 2.28. The van der Waals surface area contributed by atoms with E-state index in [0.29, 0.717) is 5.92 Å². The molecule has 1 saturated heterocycles. The minimum Gasteiger partial charge on any atom is -0.481 e. The molecule has 2 unspecified atom stereocenters. The Balaban J connectivity index is 2.08. The number of hydrogen-bond acceptors (Lipinski definition) is 4. The number of anilines is 1. The summed E-state index contributed by atoms with van der Waals surface area (Å²) in [6.45, 7) is 7.81. The molecule has 0 aliphatic carbocycles. The van der Waals surface area contributed by atoms with Crippen molar-refractivity contribution in [2.45, 2.75) is 40.0 Å². The van der Waals surface area contributed by atoms with Gasteiger partial charge in [-0.1, -0.05) is 6.92 Å². The lowest BCUT2D eigenvalue weighted by Gasteiger charge is -2.36. The Morgan fingerprint density at radius 1 is 1.50 bits per heavy atom. The molecule has 0 saturated carbocycles. The fourth-order valence-corrected chi connectivity index (χ4v) is 2.98. The van der Waals surface area contributed by atoms with E-state index in [4.69, 9.17) is 5.11 Å². The van der Waals surface area contributed by atoms with Gasteiger partial charge >= 0.3 is 5.97 Å². The molecule has 1 aliphatic heterocycles. The Bertz CT molecular complexity index is 470. The van der Waals surface area contributed by atoms with Crippen molar-refractivity contribution in [3.8, 4) is 0 Å². The zero-order chi connectivity index (χ0) is 14.7. The molecule has 110 valence electrons. The molecule has 20 heavy (non-hydrogen) atoms. The molecule has 0 spiro atoms. The summed E-state index contributed by atoms with van der Waals surface area (Å²) in [4.78, 5) is 21.9. The molecule has 0 amide bonds. The van der Waals surface area contributed by atoms with E-state index in [9.17, 15) is 4.79 Å². The number of nitrogens with zero attached hydrogens (tertiary/aromatic N) is 3. The summed E-state index contributed by atoms with van der Waals surface area (Å²) in [6.07, 6.45) is 2.45. The number of aliphatic carboxylic acids is 1. The summed E-state index contributed by atoms with van der Waals surface area (Å²) in [5.41, 5.74) is 0.980. The van der Waals surface area contributed by atoms with Gasteiger partial charge in [0.2, 0.25) is 0 Å². The molecule has 2 heterocycles. The Kier molecular flexibility index (Phi) is 4.57. The number of carboxylic acids is 1. The molecule has 5 nitrogen and oxygen atoms in total. The number of carbonyl (C=O) groups is 1. The zero-order valence-electron chi connectivity index (χ0n) is 12.5. The molecule has 1 fully saturated rings. The van der Waals surface area contributed by atoms with Gasteiger partial charge in [-0.05, 0) is 38.5 Å². The van der Waals surface area contributed by atoms with Crippen molar-refractivity contribution in [1.29, 1.82) is 0 Å². The predicted octanol–water partition coefficient (Wildman–Crippen LogP) is 2.42. The second-order valence-corrected chi connectivity index (χ2v) is 5.84. The van der Waals surface area contributed by atoms with Gasteiger partial charge in [0.15, 0.2) is 0 Å². The van der Waals surface area contributed by atoms with Crippen LogP contribution in [0.3, 0.4) is 0 Å². The SMILES string of the molecule is Cc1cc(N2CCCC(C(C)CC(=O)O)C2)nc(C)n1. The molecule has 0 radical (unpaired) electrons. The minimum atomic E-state index is -0.705. The molecular formula is C15H23N3O2. The number of hydrogen-bond donors (Lipinski definition) is 1. The smallest absolute Gasteiger partial charge is 0.303 e. The first kappa shape index (κ1) is 14.8. The van der Waals surface area contributed by atoms with E-state index in [0.717, 1.165) is 43.3 Å². The van der Waals surface area contributed by atoms with Crippen LogP contribution in [0.25, 0.3) is 0 Å². The van der Waals surface area contributed by atoms with Crippen molar-refractivity contribution < 1.29 is 9.90 Å². The Morgan fingerprint density at radius 2 is 2.25 bits per heavy atom. The van der Waals surface area contributed by atoms with Crippen LogP contribution >= 0.6 is 0 Å². The molecule has 0 bridgehead atoms. The van der Waals surface area contributed by atoms with E-state index in [1.165, 1.54) is 0 Å². The average Bonchev–Trinajstić information content (AvgIpc) is 2.37. The Morgan fingerprint density at radius 3 is 2.90 bits per heavy atom. The van der Waals surface area contributed by atoms with Crippen LogP contribution in [0.1, 0.15) is 37.7 Å². The maximum atomic E-state index is 10.9. The van der Waals surface area contributed by atoms with Crippen molar-refractivity contribution in [2.75, 3.05) is 18.0 Å². The number of aromatic nitrogens is 2. The highest BCUT2D eigenvalue weighted by Gasteiger charge is 2.26. The normalized spacial score (nSPS) is 20.8. The van der Waals surface area contributed by atoms with Crippen molar-refractivity contribution >= 4 is 11.8 Å². The van der Waals surface area contributed by atoms with Crippen molar-refractivity contribution in [2.24, 2.45) is 11.8 Å². The van der Waals surface area contributed by atoms with Crippen molar-refractivity contribution in [3.63, 3.8) is 0 Å². The third-order valence-corrected chi connectivity index (χ3v) is 4.04. The third-order valence-electron chi connectivity index (χ3n) is 4.04. The van der Waals surface area contributed by atoms with E-state index in [2.05, 4.69) is 14.9 Å². The fraction of sp³-hybridized carbons (Fsp3) is 0.667. The fourth-order valence-electron chi connectivity index (χ4n) is 2.98. The maximum Gasteiger partial charge on any atom is 0.303 e. The van der Waals surface area contributed by atoms with Gasteiger partial charge in [-0.25, -0.2) is 9.97 Å². The lowest BCUT2D eigenvalue weighted by atomic mass is 9.84. The predicted molar refractivity (Wildman–Crippen MR) is 77.9 cm³/mol. The summed E-state index contributed by atoms with van der Waals surface area (Å²) in [5, 5.41) is 8.94. The average molecular weight is 277 g/mol. The van der Waals surface area contributed by atoms with Gasteiger partial charge in [0, 0.05) is 31.3 Å². The molecule has 1 aromatic rings. The third kappa shape index (κ3) is 3.68. The molecular weight excluding hydrogens is 254 g/mol. The van der Waals surface area contributed by atoms with Gasteiger partial charge in [-0.15, -0.1) is 0 Å². The summed E-state index contributed by atoms with van der Waals surface area (Å²) in [5.74, 6) is 1.70. The maximum absolute atomic E-state index is 10.9. The van der Waals surface area contributed by atoms with E-state index in [-0.39, 0.29) is 12.3 Å². The van der Waals surface area contributed by atoms with E-state index >= 15 is 0 Å². The Hall–Kier alpha value is -1.65. The van der Waals surface area contributed by atoms with Crippen LogP contribution in [0.15, 0.2) is 6.07 Å². The highest BCUT2D eigenvalue weighted by atomic mass is 16.4. The monoisotopic (exact) mass is 277 g/mol. The number of aryl methyl sites for hydroxylation is 2. The van der Waals surface area contributed by atoms with Crippen molar-refractivity contribution in [3.05, 3.63) is 17.6 Å². The first-order valence-electron chi connectivity index (χ1n) is 7.24. The highest BCUT2D eigenvalue weighted by molar-refractivity contribution is 5.67. The topological polar surface area (TPSA) is 66.3 Å². The first-order valence-corrected chi connectivity index (χ1v) is 7.24. The summed E-state index contributed by atoms with van der Waals surface area (Å²) < 4.78 is 0. The number of piperidine rings is 1. The van der Waals surface area contributed by atoms with Crippen LogP contribution in [-0.2, 0) is 4.79 Å². The van der Waals surface area contributed by atoms with Gasteiger partial charge < -0.3 is 10.0 Å². The molecule has 1 aromatic heterocycles. The van der Waals surface area contributed by atoms with Gasteiger partial charge in [0.1, 0.15) is 11.6 Å². The quantitative estimate of drug-likeness (QED) is 0.915. The number of carboxylic acid groups (broad SMARTS) is 1. The van der Waals surface area contributed by atoms with Crippen LogP contribution in [0.5, 0.6) is 0 Å². The first-order chi connectivity index (χ1) is 9.45.